The molecular formula is C9H24N5O4+3. The molecule has 18 heavy (non-hydrogen) atoms. The molecule has 9 heteroatoms. The Morgan fingerprint density at radius 2 is 1.56 bits per heavy atom. The first-order valence-corrected chi connectivity index (χ1v) is 5.12. The number of hydrogen-bond donors (Lipinski definition) is 2. The third kappa shape index (κ3) is 6.76. The number of hydrogen-bond acceptors (Lipinski definition) is 6. The first kappa shape index (κ1) is 17.1. The van der Waals surface area contributed by atoms with Crippen LogP contribution in [-0.2, 0) is 14.8 Å². The lowest BCUT2D eigenvalue weighted by Gasteiger charge is -2.30. The van der Waals surface area contributed by atoms with Gasteiger partial charge in [-0.05, 0) is 23.0 Å². The van der Waals surface area contributed by atoms with E-state index in [4.69, 9.17) is 20.7 Å². The predicted octanol–water partition coefficient (Wildman–Crippen LogP) is -0.0225. The monoisotopic (exact) mass is 266 g/mol. The smallest absolute Gasteiger partial charge is 0.158 e. The number of rotatable bonds is 8. The van der Waals surface area contributed by atoms with Gasteiger partial charge in [-0.3, -0.25) is 0 Å². The minimum Gasteiger partial charge on any atom is -0.210 e. The van der Waals surface area contributed by atoms with Crippen molar-refractivity contribution in [2.24, 2.45) is 5.84 Å². The lowest BCUT2D eigenvalue weighted by molar-refractivity contribution is -1.40. The molecule has 0 fully saturated rings. The van der Waals surface area contributed by atoms with Crippen molar-refractivity contribution in [1.82, 2.24) is 5.34 Å². The summed E-state index contributed by atoms with van der Waals surface area (Å²) < 4.78 is 0.0214. The van der Waals surface area contributed by atoms with Gasteiger partial charge in [0, 0.05) is 14.6 Å². The molecule has 3 N–H and O–H groups in total. The molecule has 0 aromatic carbocycles. The third-order valence-electron chi connectivity index (χ3n) is 1.71. The van der Waals surface area contributed by atoms with Crippen molar-refractivity contribution in [3.8, 4) is 0 Å². The van der Waals surface area contributed by atoms with Crippen LogP contribution in [0.15, 0.2) is 25.6 Å². The van der Waals surface area contributed by atoms with Gasteiger partial charge in [0.05, 0.1) is 0 Å². The summed E-state index contributed by atoms with van der Waals surface area (Å²) in [5, 5.41) is 9.97. The molecule has 0 amide bonds. The van der Waals surface area contributed by atoms with Crippen LogP contribution in [0.1, 0.15) is 0 Å². The first-order valence-electron chi connectivity index (χ1n) is 5.12. The molecule has 0 aliphatic rings. The molecule has 0 rings (SSSR count). The molecule has 0 saturated carbocycles. The van der Waals surface area contributed by atoms with Crippen molar-refractivity contribution in [3.63, 3.8) is 0 Å². The Morgan fingerprint density at radius 3 is 1.94 bits per heavy atom. The van der Waals surface area contributed by atoms with Gasteiger partial charge in [-0.2, -0.15) is 5.21 Å². The fourth-order valence-corrected chi connectivity index (χ4v) is 0.960. The minimum atomic E-state index is -1.00. The van der Waals surface area contributed by atoms with Crippen molar-refractivity contribution in [1.29, 1.82) is 0 Å². The lowest BCUT2D eigenvalue weighted by atomic mass is 10.8. The first-order chi connectivity index (χ1) is 7.93. The van der Waals surface area contributed by atoms with Crippen LogP contribution in [0.2, 0.25) is 0 Å². The summed E-state index contributed by atoms with van der Waals surface area (Å²) in [6, 6.07) is 0. The number of nitrogens with two attached hydrogens (primary N) is 1. The Balaban J connectivity index is 4.49. The molecule has 0 bridgehead atoms. The fraction of sp³-hybridized carbons (Fsp3) is 0.556. The highest BCUT2D eigenvalue weighted by Gasteiger charge is 2.36. The Hall–Kier alpha value is -0.880. The number of nitrogens with zero attached hydrogens (tertiary/aromatic N) is 4. The maximum absolute atomic E-state index is 9.50. The van der Waals surface area contributed by atoms with Gasteiger partial charge >= 0.3 is 0 Å². The van der Waals surface area contributed by atoms with Crippen molar-refractivity contribution in [2.45, 2.75) is 0 Å². The summed E-state index contributed by atoms with van der Waals surface area (Å²) in [5.74, 6) is 5.42. The average molecular weight is 266 g/mol. The van der Waals surface area contributed by atoms with Crippen molar-refractivity contribution < 1.29 is 34.3 Å². The van der Waals surface area contributed by atoms with Crippen LogP contribution < -0.4 is 5.84 Å². The highest BCUT2D eigenvalue weighted by atomic mass is 17.2. The Labute approximate surface area is 107 Å². The largest absolute Gasteiger partial charge is 0.210 e. The number of hydroxylamine groups is 11. The van der Waals surface area contributed by atoms with E-state index in [0.717, 1.165) is 6.20 Å². The van der Waals surface area contributed by atoms with Gasteiger partial charge in [0.2, 0.25) is 0 Å². The Kier molecular flexibility index (Phi) is 5.55. The Bertz CT molecular complexity index is 305. The molecule has 106 valence electrons. The van der Waals surface area contributed by atoms with E-state index in [2.05, 4.69) is 13.2 Å². The molecule has 1 unspecified atom stereocenters. The van der Waals surface area contributed by atoms with Crippen LogP contribution in [0, 0.1) is 0 Å². The van der Waals surface area contributed by atoms with Gasteiger partial charge in [-0.25, -0.2) is 5.84 Å². The van der Waals surface area contributed by atoms with E-state index < -0.39 is 9.62 Å². The summed E-state index contributed by atoms with van der Waals surface area (Å²) in [7, 11) is 7.92. The quantitative estimate of drug-likeness (QED) is 0.365. The maximum Gasteiger partial charge on any atom is 0.158 e. The summed E-state index contributed by atoms with van der Waals surface area (Å²) in [6.45, 7) is 6.98. The molecule has 0 spiro atoms. The average Bonchev–Trinajstić information content (AvgIpc) is 2.14. The molecule has 9 nitrogen and oxygen atoms in total. The summed E-state index contributed by atoms with van der Waals surface area (Å²) in [5.41, 5.74) is 0. The molecule has 0 heterocycles. The van der Waals surface area contributed by atoms with Crippen molar-refractivity contribution in [3.05, 3.63) is 25.6 Å². The number of quaternary nitrogens is 3. The van der Waals surface area contributed by atoms with Crippen LogP contribution >= 0.6 is 0 Å². The van der Waals surface area contributed by atoms with Crippen LogP contribution in [0.25, 0.3) is 0 Å². The van der Waals surface area contributed by atoms with E-state index in [9.17, 15) is 5.21 Å². The SMILES string of the molecule is C=C[N+](C)(C)O[N+](C)(C)ON(N)O[N+](C)(O)C=C. The molecule has 0 aliphatic heterocycles. The second-order valence-electron chi connectivity index (χ2n) is 4.52. The third-order valence-corrected chi connectivity index (χ3v) is 1.71. The van der Waals surface area contributed by atoms with Crippen molar-refractivity contribution in [2.75, 3.05) is 35.2 Å². The fourth-order valence-electron chi connectivity index (χ4n) is 0.960. The summed E-state index contributed by atoms with van der Waals surface area (Å²) in [6.07, 6.45) is 2.66. The second kappa shape index (κ2) is 5.84. The zero-order chi connectivity index (χ0) is 14.6. The van der Waals surface area contributed by atoms with Gasteiger partial charge in [0.15, 0.2) is 6.20 Å². The highest BCUT2D eigenvalue weighted by Crippen LogP contribution is 2.12. The summed E-state index contributed by atoms with van der Waals surface area (Å²) in [4.78, 5) is 14.0. The van der Waals surface area contributed by atoms with Crippen LogP contribution in [-0.4, -0.2) is 60.0 Å². The van der Waals surface area contributed by atoms with Gasteiger partial charge in [0.1, 0.15) is 46.8 Å². The van der Waals surface area contributed by atoms with E-state index in [1.807, 2.05) is 0 Å². The number of hydrazine groups is 1. The maximum atomic E-state index is 9.50. The zero-order valence-electron chi connectivity index (χ0n) is 11.6. The standard InChI is InChI=1S/C9H24N5O4/c1-8-12(3,4)18-13(5,6)16-11(10)17-14(7,15)9-2/h8-9,15H,1-2,10H2,3-7H3/q+3. The molecule has 0 radical (unpaired) electrons. The topological polar surface area (TPSA) is 77.2 Å². The predicted molar refractivity (Wildman–Crippen MR) is 61.9 cm³/mol. The summed E-state index contributed by atoms with van der Waals surface area (Å²) >= 11 is 0. The van der Waals surface area contributed by atoms with Crippen LogP contribution in [0.5, 0.6) is 0 Å². The van der Waals surface area contributed by atoms with E-state index in [1.54, 1.807) is 34.4 Å². The van der Waals surface area contributed by atoms with Gasteiger partial charge in [-0.1, -0.05) is 0 Å². The second-order valence-corrected chi connectivity index (χ2v) is 4.52. The van der Waals surface area contributed by atoms with Gasteiger partial charge in [-0.15, -0.1) is 4.65 Å². The molecule has 0 aliphatic carbocycles. The molecule has 0 aromatic rings. The highest BCUT2D eigenvalue weighted by molar-refractivity contribution is 4.44. The molecule has 0 saturated heterocycles. The van der Waals surface area contributed by atoms with E-state index >= 15 is 0 Å². The van der Waals surface area contributed by atoms with Crippen molar-refractivity contribution >= 4 is 0 Å². The molecule has 1 atom stereocenters. The molecule has 0 aromatic heterocycles. The normalized spacial score (nSPS) is 16.4. The van der Waals surface area contributed by atoms with Crippen LogP contribution in [0.4, 0.5) is 0 Å². The van der Waals surface area contributed by atoms with E-state index in [1.165, 1.54) is 7.05 Å². The Morgan fingerprint density at radius 1 is 1.06 bits per heavy atom. The van der Waals surface area contributed by atoms with E-state index in [-0.39, 0.29) is 4.65 Å². The van der Waals surface area contributed by atoms with Gasteiger partial charge in [0.25, 0.3) is 0 Å². The minimum absolute atomic E-state index is 0.0214. The zero-order valence-corrected chi connectivity index (χ0v) is 11.6. The van der Waals surface area contributed by atoms with Gasteiger partial charge < -0.3 is 0 Å². The molecular weight excluding hydrogens is 242 g/mol. The lowest BCUT2D eigenvalue weighted by Crippen LogP contribution is -2.56. The van der Waals surface area contributed by atoms with E-state index in [0.29, 0.717) is 5.34 Å². The van der Waals surface area contributed by atoms with Crippen LogP contribution in [0.3, 0.4) is 0 Å².